The molecule has 1 atom stereocenters. The predicted octanol–water partition coefficient (Wildman–Crippen LogP) is 2.29. The van der Waals surface area contributed by atoms with E-state index in [2.05, 4.69) is 11.2 Å². The van der Waals surface area contributed by atoms with E-state index in [1.807, 2.05) is 27.7 Å². The Balaban J connectivity index is 2.38. The molecule has 1 aliphatic heterocycles. The van der Waals surface area contributed by atoms with Gasteiger partial charge in [-0.05, 0) is 34.1 Å². The summed E-state index contributed by atoms with van der Waals surface area (Å²) in [5.74, 6) is 0.538. The van der Waals surface area contributed by atoms with Crippen LogP contribution in [0.2, 0.25) is 0 Å². The van der Waals surface area contributed by atoms with Gasteiger partial charge in [-0.3, -0.25) is 4.90 Å². The van der Waals surface area contributed by atoms with Gasteiger partial charge in [-0.1, -0.05) is 0 Å². The Kier molecular flexibility index (Phi) is 3.23. The Labute approximate surface area is 112 Å². The van der Waals surface area contributed by atoms with Crippen molar-refractivity contribution in [2.24, 2.45) is 0 Å². The highest BCUT2D eigenvalue weighted by Gasteiger charge is 2.34. The second-order valence-corrected chi connectivity index (χ2v) is 5.70. The number of fused-ring (bicyclic) bond motifs is 1. The maximum atomic E-state index is 12.3. The molecule has 0 fully saturated rings. The summed E-state index contributed by atoms with van der Waals surface area (Å²) >= 11 is 0. The zero-order valence-electron chi connectivity index (χ0n) is 11.7. The van der Waals surface area contributed by atoms with Gasteiger partial charge in [-0.2, -0.15) is 10.4 Å². The summed E-state index contributed by atoms with van der Waals surface area (Å²) in [5.41, 5.74) is -0.163. The number of hydrogen-bond acceptors (Lipinski definition) is 4. The zero-order valence-corrected chi connectivity index (χ0v) is 11.7. The molecule has 19 heavy (non-hydrogen) atoms. The van der Waals surface area contributed by atoms with Crippen LogP contribution in [0.25, 0.3) is 0 Å². The fourth-order valence-electron chi connectivity index (χ4n) is 2.10. The van der Waals surface area contributed by atoms with Crippen LogP contribution in [-0.4, -0.2) is 27.5 Å². The minimum Gasteiger partial charge on any atom is -0.443 e. The molecule has 1 aliphatic rings. The van der Waals surface area contributed by atoms with Crippen LogP contribution < -0.4 is 4.90 Å². The Morgan fingerprint density at radius 1 is 1.58 bits per heavy atom. The number of aryl methyl sites for hydroxylation is 1. The van der Waals surface area contributed by atoms with Gasteiger partial charge in [0.05, 0.1) is 6.20 Å². The van der Waals surface area contributed by atoms with Crippen LogP contribution in [0, 0.1) is 11.3 Å². The van der Waals surface area contributed by atoms with Gasteiger partial charge in [0, 0.05) is 12.6 Å². The number of amides is 1. The number of hydrogen-bond donors (Lipinski definition) is 0. The Hall–Kier alpha value is -2.03. The zero-order chi connectivity index (χ0) is 14.2. The highest BCUT2D eigenvalue weighted by molar-refractivity contribution is 5.89. The molecule has 2 rings (SSSR count). The second kappa shape index (κ2) is 4.57. The molecule has 1 unspecified atom stereocenters. The van der Waals surface area contributed by atoms with E-state index in [0.29, 0.717) is 17.9 Å². The monoisotopic (exact) mass is 262 g/mol. The molecule has 0 spiro atoms. The third-order valence-electron chi connectivity index (χ3n) is 2.95. The molecule has 0 bridgehead atoms. The van der Waals surface area contributed by atoms with E-state index in [9.17, 15) is 4.79 Å². The molecule has 1 aromatic rings. The Morgan fingerprint density at radius 2 is 2.26 bits per heavy atom. The van der Waals surface area contributed by atoms with E-state index >= 15 is 0 Å². The fraction of sp³-hybridized carbons (Fsp3) is 0.615. The lowest BCUT2D eigenvalue weighted by Gasteiger charge is -2.35. The normalized spacial score (nSPS) is 18.7. The van der Waals surface area contributed by atoms with Crippen molar-refractivity contribution in [2.75, 3.05) is 4.90 Å². The maximum absolute atomic E-state index is 12.3. The van der Waals surface area contributed by atoms with Crippen molar-refractivity contribution in [3.8, 4) is 6.07 Å². The number of ether oxygens (including phenoxy) is 1. The Morgan fingerprint density at radius 3 is 2.84 bits per heavy atom. The van der Waals surface area contributed by atoms with Crippen molar-refractivity contribution in [1.82, 2.24) is 9.78 Å². The maximum Gasteiger partial charge on any atom is 0.416 e. The van der Waals surface area contributed by atoms with Gasteiger partial charge in [-0.25, -0.2) is 9.48 Å². The van der Waals surface area contributed by atoms with E-state index in [-0.39, 0.29) is 6.04 Å². The average molecular weight is 262 g/mol. The van der Waals surface area contributed by atoms with Crippen molar-refractivity contribution in [2.45, 2.75) is 52.3 Å². The van der Waals surface area contributed by atoms with Crippen LogP contribution in [0.4, 0.5) is 10.6 Å². The number of carbonyl (C=O) groups is 1. The van der Waals surface area contributed by atoms with Crippen LogP contribution >= 0.6 is 0 Å². The second-order valence-electron chi connectivity index (χ2n) is 5.70. The summed E-state index contributed by atoms with van der Waals surface area (Å²) in [4.78, 5) is 13.8. The molecule has 0 aliphatic carbocycles. The van der Waals surface area contributed by atoms with Crippen molar-refractivity contribution in [3.63, 3.8) is 0 Å². The third-order valence-corrected chi connectivity index (χ3v) is 2.95. The van der Waals surface area contributed by atoms with Crippen molar-refractivity contribution in [1.29, 1.82) is 5.26 Å². The first kappa shape index (κ1) is 13.4. The highest BCUT2D eigenvalue weighted by Crippen LogP contribution is 2.29. The van der Waals surface area contributed by atoms with Gasteiger partial charge >= 0.3 is 6.09 Å². The van der Waals surface area contributed by atoms with Gasteiger partial charge in [-0.15, -0.1) is 0 Å². The van der Waals surface area contributed by atoms with Crippen LogP contribution in [-0.2, 0) is 11.3 Å². The standard InChI is InChI=1S/C13H18N4O2/c1-9-5-6-16-11(10(7-14)8-15-16)17(9)12(18)19-13(2,3)4/h8-9H,5-6H2,1-4H3. The molecule has 6 heteroatoms. The summed E-state index contributed by atoms with van der Waals surface area (Å²) in [6, 6.07) is 2.06. The molecule has 0 radical (unpaired) electrons. The lowest BCUT2D eigenvalue weighted by molar-refractivity contribution is 0.0556. The molecular weight excluding hydrogens is 244 g/mol. The van der Waals surface area contributed by atoms with Crippen LogP contribution in [0.1, 0.15) is 39.7 Å². The SMILES string of the molecule is CC1CCn2ncc(C#N)c2N1C(=O)OC(C)(C)C. The van der Waals surface area contributed by atoms with Gasteiger partial charge in [0.1, 0.15) is 17.2 Å². The first-order valence-electron chi connectivity index (χ1n) is 6.31. The summed E-state index contributed by atoms with van der Waals surface area (Å²) in [7, 11) is 0. The van der Waals surface area contributed by atoms with E-state index in [0.717, 1.165) is 6.42 Å². The fourth-order valence-corrected chi connectivity index (χ4v) is 2.10. The molecule has 0 saturated heterocycles. The smallest absolute Gasteiger partial charge is 0.416 e. The number of nitriles is 1. The largest absolute Gasteiger partial charge is 0.443 e. The van der Waals surface area contributed by atoms with Gasteiger partial charge < -0.3 is 4.74 Å². The highest BCUT2D eigenvalue weighted by atomic mass is 16.6. The van der Waals surface area contributed by atoms with Gasteiger partial charge in [0.15, 0.2) is 5.82 Å². The summed E-state index contributed by atoms with van der Waals surface area (Å²) in [5, 5.41) is 13.3. The predicted molar refractivity (Wildman–Crippen MR) is 69.7 cm³/mol. The molecule has 0 saturated carbocycles. The first-order valence-corrected chi connectivity index (χ1v) is 6.31. The van der Waals surface area contributed by atoms with E-state index in [4.69, 9.17) is 10.00 Å². The van der Waals surface area contributed by atoms with E-state index in [1.54, 1.807) is 4.68 Å². The minimum atomic E-state index is -0.564. The number of carbonyl (C=O) groups excluding carboxylic acids is 1. The third kappa shape index (κ3) is 2.55. The van der Waals surface area contributed by atoms with Crippen molar-refractivity contribution < 1.29 is 9.53 Å². The van der Waals surface area contributed by atoms with Crippen molar-refractivity contribution in [3.05, 3.63) is 11.8 Å². The topological polar surface area (TPSA) is 71.2 Å². The summed E-state index contributed by atoms with van der Waals surface area (Å²) in [6.07, 6.45) is 1.85. The van der Waals surface area contributed by atoms with E-state index < -0.39 is 11.7 Å². The van der Waals surface area contributed by atoms with Crippen LogP contribution in [0.3, 0.4) is 0 Å². The average Bonchev–Trinajstić information content (AvgIpc) is 2.69. The lowest BCUT2D eigenvalue weighted by atomic mass is 10.1. The van der Waals surface area contributed by atoms with Crippen LogP contribution in [0.15, 0.2) is 6.20 Å². The molecule has 102 valence electrons. The van der Waals surface area contributed by atoms with Gasteiger partial charge in [0.2, 0.25) is 0 Å². The molecule has 0 aromatic carbocycles. The number of anilines is 1. The van der Waals surface area contributed by atoms with Gasteiger partial charge in [0.25, 0.3) is 0 Å². The number of aromatic nitrogens is 2. The van der Waals surface area contributed by atoms with Crippen LogP contribution in [0.5, 0.6) is 0 Å². The molecular formula is C13H18N4O2. The molecule has 0 N–H and O–H groups in total. The summed E-state index contributed by atoms with van der Waals surface area (Å²) < 4.78 is 7.09. The Bertz CT molecular complexity index is 536. The quantitative estimate of drug-likeness (QED) is 0.719. The number of nitrogens with zero attached hydrogens (tertiary/aromatic N) is 4. The number of rotatable bonds is 0. The molecule has 1 amide bonds. The molecule has 2 heterocycles. The first-order chi connectivity index (χ1) is 8.83. The minimum absolute atomic E-state index is 0.00819. The van der Waals surface area contributed by atoms with E-state index in [1.165, 1.54) is 11.1 Å². The van der Waals surface area contributed by atoms with Crippen molar-refractivity contribution >= 4 is 11.9 Å². The lowest BCUT2D eigenvalue weighted by Crippen LogP contribution is -2.46. The molecule has 6 nitrogen and oxygen atoms in total. The molecule has 1 aromatic heterocycles. The summed E-state index contributed by atoms with van der Waals surface area (Å²) in [6.45, 7) is 8.12.